The second kappa shape index (κ2) is 6.63. The minimum absolute atomic E-state index is 0. The van der Waals surface area contributed by atoms with Crippen LogP contribution in [0.3, 0.4) is 0 Å². The molecule has 0 bridgehead atoms. The molecule has 0 aromatic heterocycles. The van der Waals surface area contributed by atoms with Gasteiger partial charge in [-0.25, -0.2) is 4.79 Å². The lowest BCUT2D eigenvalue weighted by atomic mass is 10.3. The Morgan fingerprint density at radius 1 is 1.28 bits per heavy atom. The Morgan fingerprint density at radius 3 is 2.44 bits per heavy atom. The lowest BCUT2D eigenvalue weighted by Gasteiger charge is -2.26. The second-order valence-electron chi connectivity index (χ2n) is 4.03. The van der Waals surface area contributed by atoms with Crippen molar-refractivity contribution in [1.29, 1.82) is 0 Å². The monoisotopic (exact) mass is 359 g/mol. The molecule has 1 aliphatic rings. The summed E-state index contributed by atoms with van der Waals surface area (Å²) in [5, 5.41) is 0. The standard InChI is InChI=1S/C13H17N3O.HI/c1-3-16(12-7-5-4-6-8-12)13(17)15-10-9-14(2)11-15;/h4-10H,3,11H2,1-2H3;1H. The molecule has 1 aromatic rings. The number of rotatable bonds is 2. The summed E-state index contributed by atoms with van der Waals surface area (Å²) in [4.78, 5) is 17.7. The van der Waals surface area contributed by atoms with Crippen molar-refractivity contribution in [3.63, 3.8) is 0 Å². The maximum Gasteiger partial charge on any atom is 0.330 e. The van der Waals surface area contributed by atoms with Crippen LogP contribution in [0.25, 0.3) is 0 Å². The van der Waals surface area contributed by atoms with Crippen LogP contribution in [0.5, 0.6) is 0 Å². The zero-order chi connectivity index (χ0) is 12.3. The van der Waals surface area contributed by atoms with Crippen LogP contribution < -0.4 is 4.90 Å². The van der Waals surface area contributed by atoms with E-state index >= 15 is 0 Å². The molecular weight excluding hydrogens is 341 g/mol. The SMILES string of the molecule is CCN(C(=O)N1C=CN(C)C1)c1ccccc1.I. The molecule has 0 aliphatic carbocycles. The summed E-state index contributed by atoms with van der Waals surface area (Å²) < 4.78 is 0. The first-order valence-corrected chi connectivity index (χ1v) is 5.74. The van der Waals surface area contributed by atoms with E-state index in [4.69, 9.17) is 0 Å². The predicted molar refractivity (Wildman–Crippen MR) is 83.9 cm³/mol. The number of benzene rings is 1. The quantitative estimate of drug-likeness (QED) is 0.760. The van der Waals surface area contributed by atoms with Crippen molar-refractivity contribution >= 4 is 35.7 Å². The predicted octanol–water partition coefficient (Wildman–Crippen LogP) is 2.93. The van der Waals surface area contributed by atoms with E-state index in [1.807, 2.05) is 61.6 Å². The number of carbonyl (C=O) groups is 1. The molecule has 0 N–H and O–H groups in total. The Bertz CT molecular complexity index is 422. The zero-order valence-electron chi connectivity index (χ0n) is 10.6. The van der Waals surface area contributed by atoms with Gasteiger partial charge in [0.2, 0.25) is 0 Å². The number of carbonyl (C=O) groups excluding carboxylic acids is 1. The molecule has 0 atom stereocenters. The minimum atomic E-state index is 0. The van der Waals surface area contributed by atoms with Crippen LogP contribution in [0.4, 0.5) is 10.5 Å². The van der Waals surface area contributed by atoms with Gasteiger partial charge in [0.15, 0.2) is 0 Å². The average Bonchev–Trinajstić information content (AvgIpc) is 2.78. The summed E-state index contributed by atoms with van der Waals surface area (Å²) in [6, 6.07) is 9.74. The topological polar surface area (TPSA) is 26.8 Å². The summed E-state index contributed by atoms with van der Waals surface area (Å²) in [6.45, 7) is 3.26. The third-order valence-corrected chi connectivity index (χ3v) is 2.74. The maximum absolute atomic E-state index is 12.3. The first-order chi connectivity index (χ1) is 8.22. The minimum Gasteiger partial charge on any atom is -0.361 e. The lowest BCUT2D eigenvalue weighted by Crippen LogP contribution is -2.41. The van der Waals surface area contributed by atoms with Crippen LogP contribution in [-0.2, 0) is 0 Å². The van der Waals surface area contributed by atoms with E-state index in [2.05, 4.69) is 0 Å². The number of nitrogens with zero attached hydrogens (tertiary/aromatic N) is 3. The van der Waals surface area contributed by atoms with Crippen molar-refractivity contribution in [1.82, 2.24) is 9.80 Å². The fourth-order valence-electron chi connectivity index (χ4n) is 1.84. The first kappa shape index (κ1) is 14.8. The van der Waals surface area contributed by atoms with E-state index in [0.717, 1.165) is 5.69 Å². The van der Waals surface area contributed by atoms with Crippen LogP contribution in [0.15, 0.2) is 42.7 Å². The molecule has 0 radical (unpaired) electrons. The van der Waals surface area contributed by atoms with Crippen LogP contribution in [0.1, 0.15) is 6.92 Å². The molecule has 1 heterocycles. The number of amides is 2. The summed E-state index contributed by atoms with van der Waals surface area (Å²) in [7, 11) is 1.95. The van der Waals surface area contributed by atoms with Crippen LogP contribution >= 0.6 is 24.0 Å². The first-order valence-electron chi connectivity index (χ1n) is 5.74. The normalized spacial score (nSPS) is 13.4. The Balaban J connectivity index is 0.00000162. The zero-order valence-corrected chi connectivity index (χ0v) is 12.9. The Hall–Kier alpha value is -1.24. The van der Waals surface area contributed by atoms with E-state index in [1.165, 1.54) is 0 Å². The summed E-state index contributed by atoms with van der Waals surface area (Å²) in [5.41, 5.74) is 0.933. The molecule has 1 aromatic carbocycles. The van der Waals surface area contributed by atoms with Gasteiger partial charge in [-0.15, -0.1) is 24.0 Å². The Kier molecular flexibility index (Phi) is 5.46. The molecule has 4 nitrogen and oxygen atoms in total. The van der Waals surface area contributed by atoms with E-state index in [1.54, 1.807) is 9.80 Å². The number of hydrogen-bond acceptors (Lipinski definition) is 2. The van der Waals surface area contributed by atoms with E-state index in [9.17, 15) is 4.79 Å². The van der Waals surface area contributed by atoms with E-state index < -0.39 is 0 Å². The number of halogens is 1. The second-order valence-corrected chi connectivity index (χ2v) is 4.03. The van der Waals surface area contributed by atoms with Gasteiger partial charge in [0.1, 0.15) is 0 Å². The van der Waals surface area contributed by atoms with E-state index in [-0.39, 0.29) is 30.0 Å². The van der Waals surface area contributed by atoms with Crippen molar-refractivity contribution in [2.45, 2.75) is 6.92 Å². The van der Waals surface area contributed by atoms with Crippen molar-refractivity contribution in [3.05, 3.63) is 42.7 Å². The molecule has 18 heavy (non-hydrogen) atoms. The van der Waals surface area contributed by atoms with E-state index in [0.29, 0.717) is 13.2 Å². The number of anilines is 1. The highest BCUT2D eigenvalue weighted by molar-refractivity contribution is 14.0. The maximum atomic E-state index is 12.3. The number of para-hydroxylation sites is 1. The van der Waals surface area contributed by atoms with Crippen LogP contribution in [0.2, 0.25) is 0 Å². The van der Waals surface area contributed by atoms with Crippen molar-refractivity contribution < 1.29 is 4.79 Å². The highest BCUT2D eigenvalue weighted by atomic mass is 127. The highest BCUT2D eigenvalue weighted by Crippen LogP contribution is 2.17. The van der Waals surface area contributed by atoms with Gasteiger partial charge < -0.3 is 4.90 Å². The van der Waals surface area contributed by atoms with Crippen LogP contribution in [-0.4, -0.2) is 36.1 Å². The van der Waals surface area contributed by atoms with Crippen LogP contribution in [0, 0.1) is 0 Å². The van der Waals surface area contributed by atoms with Crippen molar-refractivity contribution in [3.8, 4) is 0 Å². The van der Waals surface area contributed by atoms with Gasteiger partial charge >= 0.3 is 6.03 Å². The summed E-state index contributed by atoms with van der Waals surface area (Å²) >= 11 is 0. The van der Waals surface area contributed by atoms with Gasteiger partial charge in [0.05, 0.1) is 6.67 Å². The van der Waals surface area contributed by atoms with Gasteiger partial charge in [-0.1, -0.05) is 18.2 Å². The molecule has 0 spiro atoms. The van der Waals surface area contributed by atoms with Gasteiger partial charge in [0.25, 0.3) is 0 Å². The third kappa shape index (κ3) is 3.16. The summed E-state index contributed by atoms with van der Waals surface area (Å²) in [6.07, 6.45) is 3.71. The summed E-state index contributed by atoms with van der Waals surface area (Å²) in [5.74, 6) is 0. The number of urea groups is 1. The Labute approximate surface area is 125 Å². The molecule has 0 saturated heterocycles. The largest absolute Gasteiger partial charge is 0.361 e. The van der Waals surface area contributed by atoms with Gasteiger partial charge in [-0.3, -0.25) is 9.80 Å². The fraction of sp³-hybridized carbons (Fsp3) is 0.308. The van der Waals surface area contributed by atoms with Crippen molar-refractivity contribution in [2.75, 3.05) is 25.2 Å². The van der Waals surface area contributed by atoms with Gasteiger partial charge in [-0.2, -0.15) is 0 Å². The highest BCUT2D eigenvalue weighted by Gasteiger charge is 2.22. The molecule has 2 amide bonds. The third-order valence-electron chi connectivity index (χ3n) is 2.74. The average molecular weight is 359 g/mol. The molecule has 0 fully saturated rings. The van der Waals surface area contributed by atoms with Gasteiger partial charge in [-0.05, 0) is 19.1 Å². The molecular formula is C13H18IN3O. The van der Waals surface area contributed by atoms with Gasteiger partial charge in [0, 0.05) is 31.7 Å². The lowest BCUT2D eigenvalue weighted by molar-refractivity contribution is 0.214. The molecule has 5 heteroatoms. The molecule has 98 valence electrons. The molecule has 2 rings (SSSR count). The molecule has 0 saturated carbocycles. The fourth-order valence-corrected chi connectivity index (χ4v) is 1.84. The smallest absolute Gasteiger partial charge is 0.330 e. The van der Waals surface area contributed by atoms with Crippen molar-refractivity contribution in [2.24, 2.45) is 0 Å². The number of hydrogen-bond donors (Lipinski definition) is 0. The Morgan fingerprint density at radius 2 is 1.94 bits per heavy atom. The molecule has 1 aliphatic heterocycles. The molecule has 0 unspecified atom stereocenters.